The van der Waals surface area contributed by atoms with Gasteiger partial charge in [-0.25, -0.2) is 0 Å². The Morgan fingerprint density at radius 3 is 2.54 bits per heavy atom. The SMILES string of the molecule is CC(C)COc1cccc(OCC(=O)N2CCC(C)(C(=O)O)C2)c1. The second kappa shape index (κ2) is 7.55. The summed E-state index contributed by atoms with van der Waals surface area (Å²) in [5, 5.41) is 9.22. The van der Waals surface area contributed by atoms with Gasteiger partial charge in [-0.1, -0.05) is 19.9 Å². The third-order valence-electron chi connectivity index (χ3n) is 4.09. The zero-order valence-corrected chi connectivity index (χ0v) is 14.4. The Bertz CT molecular complexity index is 601. The number of carbonyl (C=O) groups excluding carboxylic acids is 1. The molecule has 1 aliphatic rings. The Morgan fingerprint density at radius 2 is 1.96 bits per heavy atom. The van der Waals surface area contributed by atoms with Crippen LogP contribution in [-0.4, -0.2) is 48.2 Å². The third-order valence-corrected chi connectivity index (χ3v) is 4.09. The number of amides is 1. The number of carboxylic acids is 1. The number of carboxylic acid groups (broad SMARTS) is 1. The lowest BCUT2D eigenvalue weighted by atomic mass is 9.90. The topological polar surface area (TPSA) is 76.1 Å². The number of rotatable bonds is 7. The first-order valence-corrected chi connectivity index (χ1v) is 8.17. The van der Waals surface area contributed by atoms with Gasteiger partial charge in [-0.05, 0) is 31.4 Å². The second-order valence-electron chi connectivity index (χ2n) is 6.90. The minimum absolute atomic E-state index is 0.108. The molecule has 1 saturated heterocycles. The van der Waals surface area contributed by atoms with Crippen LogP contribution in [0.1, 0.15) is 27.2 Å². The largest absolute Gasteiger partial charge is 0.493 e. The molecule has 0 radical (unpaired) electrons. The first-order chi connectivity index (χ1) is 11.3. The predicted molar refractivity (Wildman–Crippen MR) is 89.2 cm³/mol. The van der Waals surface area contributed by atoms with Gasteiger partial charge in [0, 0.05) is 19.2 Å². The van der Waals surface area contributed by atoms with E-state index in [4.69, 9.17) is 9.47 Å². The fourth-order valence-corrected chi connectivity index (χ4v) is 2.50. The highest BCUT2D eigenvalue weighted by Gasteiger charge is 2.42. The Hall–Kier alpha value is -2.24. The van der Waals surface area contributed by atoms with Gasteiger partial charge < -0.3 is 19.5 Å². The van der Waals surface area contributed by atoms with E-state index in [2.05, 4.69) is 13.8 Å². The first kappa shape index (κ1) is 18.1. The molecule has 1 unspecified atom stereocenters. The molecule has 0 aliphatic carbocycles. The highest BCUT2D eigenvalue weighted by atomic mass is 16.5. The Balaban J connectivity index is 1.86. The summed E-state index contributed by atoms with van der Waals surface area (Å²) < 4.78 is 11.2. The highest BCUT2D eigenvalue weighted by Crippen LogP contribution is 2.30. The van der Waals surface area contributed by atoms with E-state index >= 15 is 0 Å². The van der Waals surface area contributed by atoms with Crippen LogP contribution in [0.4, 0.5) is 0 Å². The molecule has 1 heterocycles. The van der Waals surface area contributed by atoms with Crippen molar-refractivity contribution in [3.8, 4) is 11.5 Å². The quantitative estimate of drug-likeness (QED) is 0.828. The number of hydrogen-bond acceptors (Lipinski definition) is 4. The maximum absolute atomic E-state index is 12.2. The molecule has 1 aromatic carbocycles. The molecule has 1 fully saturated rings. The average Bonchev–Trinajstić information content (AvgIpc) is 2.95. The van der Waals surface area contributed by atoms with Gasteiger partial charge in [0.15, 0.2) is 6.61 Å². The molecular weight excluding hydrogens is 310 g/mol. The molecule has 1 amide bonds. The molecule has 0 spiro atoms. The number of hydrogen-bond donors (Lipinski definition) is 1. The zero-order chi connectivity index (χ0) is 17.7. The van der Waals surface area contributed by atoms with E-state index in [0.29, 0.717) is 37.0 Å². The monoisotopic (exact) mass is 335 g/mol. The van der Waals surface area contributed by atoms with Crippen LogP contribution in [0.5, 0.6) is 11.5 Å². The second-order valence-corrected chi connectivity index (χ2v) is 6.90. The zero-order valence-electron chi connectivity index (χ0n) is 14.4. The van der Waals surface area contributed by atoms with Crippen molar-refractivity contribution < 1.29 is 24.2 Å². The van der Waals surface area contributed by atoms with Crippen LogP contribution < -0.4 is 9.47 Å². The van der Waals surface area contributed by atoms with Crippen molar-refractivity contribution in [3.05, 3.63) is 24.3 Å². The Morgan fingerprint density at radius 1 is 1.29 bits per heavy atom. The van der Waals surface area contributed by atoms with Gasteiger partial charge in [-0.2, -0.15) is 0 Å². The van der Waals surface area contributed by atoms with Crippen molar-refractivity contribution >= 4 is 11.9 Å². The molecular formula is C18H25NO5. The van der Waals surface area contributed by atoms with E-state index in [-0.39, 0.29) is 19.1 Å². The van der Waals surface area contributed by atoms with Crippen LogP contribution in [0.3, 0.4) is 0 Å². The molecule has 0 saturated carbocycles. The van der Waals surface area contributed by atoms with Crippen LogP contribution in [0, 0.1) is 11.3 Å². The van der Waals surface area contributed by atoms with E-state index in [1.165, 1.54) is 0 Å². The number of aliphatic carboxylic acids is 1. The minimum Gasteiger partial charge on any atom is -0.493 e. The smallest absolute Gasteiger partial charge is 0.311 e. The normalized spacial score (nSPS) is 20.2. The van der Waals surface area contributed by atoms with E-state index in [0.717, 1.165) is 0 Å². The molecule has 6 heteroatoms. The molecule has 2 rings (SSSR count). The van der Waals surface area contributed by atoms with Crippen molar-refractivity contribution in [2.75, 3.05) is 26.3 Å². The third kappa shape index (κ3) is 4.63. The summed E-state index contributed by atoms with van der Waals surface area (Å²) in [6.45, 7) is 6.98. The maximum Gasteiger partial charge on any atom is 0.311 e. The maximum atomic E-state index is 12.2. The number of carbonyl (C=O) groups is 2. The van der Waals surface area contributed by atoms with Crippen molar-refractivity contribution in [1.29, 1.82) is 0 Å². The van der Waals surface area contributed by atoms with E-state index < -0.39 is 11.4 Å². The van der Waals surface area contributed by atoms with Gasteiger partial charge >= 0.3 is 5.97 Å². The van der Waals surface area contributed by atoms with Crippen molar-refractivity contribution in [1.82, 2.24) is 4.90 Å². The fourth-order valence-electron chi connectivity index (χ4n) is 2.50. The van der Waals surface area contributed by atoms with Crippen LogP contribution in [0.2, 0.25) is 0 Å². The van der Waals surface area contributed by atoms with E-state index in [1.54, 1.807) is 24.0 Å². The number of ether oxygens (including phenoxy) is 2. The summed E-state index contributed by atoms with van der Waals surface area (Å²) in [6, 6.07) is 7.17. The molecule has 6 nitrogen and oxygen atoms in total. The lowest BCUT2D eigenvalue weighted by Gasteiger charge is -2.20. The first-order valence-electron chi connectivity index (χ1n) is 8.17. The standard InChI is InChI=1S/C18H25NO5/c1-13(2)10-23-14-5-4-6-15(9-14)24-11-16(20)19-8-7-18(3,12-19)17(21)22/h4-6,9,13H,7-8,10-12H2,1-3H3,(H,21,22). The van der Waals surface area contributed by atoms with Crippen molar-refractivity contribution in [2.45, 2.75) is 27.2 Å². The number of likely N-dealkylation sites (tertiary alicyclic amines) is 1. The minimum atomic E-state index is -0.867. The molecule has 1 aromatic rings. The van der Waals surface area contributed by atoms with Gasteiger partial charge in [0.1, 0.15) is 11.5 Å². The average molecular weight is 335 g/mol. The van der Waals surface area contributed by atoms with Gasteiger partial charge in [0.2, 0.25) is 0 Å². The van der Waals surface area contributed by atoms with Crippen molar-refractivity contribution in [2.24, 2.45) is 11.3 Å². The molecule has 1 atom stereocenters. The fraction of sp³-hybridized carbons (Fsp3) is 0.556. The number of benzene rings is 1. The molecule has 24 heavy (non-hydrogen) atoms. The molecule has 0 aromatic heterocycles. The van der Waals surface area contributed by atoms with E-state index in [9.17, 15) is 14.7 Å². The molecule has 1 aliphatic heterocycles. The summed E-state index contributed by atoms with van der Waals surface area (Å²) in [6.07, 6.45) is 0.465. The van der Waals surface area contributed by atoms with Gasteiger partial charge in [-0.15, -0.1) is 0 Å². The van der Waals surface area contributed by atoms with Gasteiger partial charge in [-0.3, -0.25) is 9.59 Å². The predicted octanol–water partition coefficient (Wildman–Crippen LogP) is 2.42. The van der Waals surface area contributed by atoms with Crippen LogP contribution in [0.15, 0.2) is 24.3 Å². The highest BCUT2D eigenvalue weighted by molar-refractivity contribution is 5.81. The van der Waals surface area contributed by atoms with Gasteiger partial charge in [0.25, 0.3) is 5.91 Å². The number of nitrogens with zero attached hydrogens (tertiary/aromatic N) is 1. The summed E-state index contributed by atoms with van der Waals surface area (Å²) in [4.78, 5) is 25.0. The summed E-state index contributed by atoms with van der Waals surface area (Å²) in [5.74, 6) is 0.620. The summed E-state index contributed by atoms with van der Waals surface area (Å²) in [7, 11) is 0. The lowest BCUT2D eigenvalue weighted by Crippen LogP contribution is -2.37. The summed E-state index contributed by atoms with van der Waals surface area (Å²) in [5.41, 5.74) is -0.861. The van der Waals surface area contributed by atoms with Gasteiger partial charge in [0.05, 0.1) is 12.0 Å². The van der Waals surface area contributed by atoms with Crippen molar-refractivity contribution in [3.63, 3.8) is 0 Å². The van der Waals surface area contributed by atoms with Crippen LogP contribution in [0.25, 0.3) is 0 Å². The summed E-state index contributed by atoms with van der Waals surface area (Å²) >= 11 is 0. The van der Waals surface area contributed by atoms with E-state index in [1.807, 2.05) is 12.1 Å². The van der Waals surface area contributed by atoms with Crippen LogP contribution in [-0.2, 0) is 9.59 Å². The molecule has 0 bridgehead atoms. The Labute approximate surface area is 142 Å². The Kier molecular flexibility index (Phi) is 5.70. The lowest BCUT2D eigenvalue weighted by molar-refractivity contribution is -0.147. The molecule has 1 N–H and O–H groups in total. The molecule has 132 valence electrons. The van der Waals surface area contributed by atoms with Crippen LogP contribution >= 0.6 is 0 Å².